The highest BCUT2D eigenvalue weighted by molar-refractivity contribution is 5.85. The Morgan fingerprint density at radius 3 is 2.31 bits per heavy atom. The maximum Gasteiger partial charge on any atom is 0.426 e. The van der Waals surface area contributed by atoms with E-state index in [1.54, 1.807) is 24.3 Å². The maximum atomic E-state index is 14.6. The van der Waals surface area contributed by atoms with Crippen molar-refractivity contribution in [2.24, 2.45) is 0 Å². The molecule has 0 aliphatic rings. The predicted molar refractivity (Wildman–Crippen MR) is 106 cm³/mol. The fourth-order valence-corrected chi connectivity index (χ4v) is 2.74. The van der Waals surface area contributed by atoms with Gasteiger partial charge < -0.3 is 14.2 Å². The monoisotopic (exact) mass is 402 g/mol. The van der Waals surface area contributed by atoms with Crippen molar-refractivity contribution < 1.29 is 27.4 Å². The Morgan fingerprint density at radius 2 is 1.62 bits per heavy atom. The van der Waals surface area contributed by atoms with E-state index in [1.165, 1.54) is 30.3 Å². The van der Waals surface area contributed by atoms with Gasteiger partial charge in [-0.3, -0.25) is 0 Å². The predicted octanol–water partition coefficient (Wildman–Crippen LogP) is 6.46. The number of allylic oxidation sites excluding steroid dienone is 1. The average molecular weight is 402 g/mol. The Labute approximate surface area is 167 Å². The van der Waals surface area contributed by atoms with Crippen LogP contribution >= 0.6 is 0 Å². The van der Waals surface area contributed by atoms with Gasteiger partial charge in [0.15, 0.2) is 11.6 Å². The number of benzene rings is 3. The molecule has 0 spiro atoms. The Hall–Kier alpha value is -3.15. The van der Waals surface area contributed by atoms with E-state index in [9.17, 15) is 13.2 Å². The van der Waals surface area contributed by atoms with Crippen LogP contribution in [0.25, 0.3) is 10.8 Å². The van der Waals surface area contributed by atoms with Crippen LogP contribution in [-0.2, 0) is 6.11 Å². The lowest BCUT2D eigenvalue weighted by Gasteiger charge is -2.19. The lowest BCUT2D eigenvalue weighted by Crippen LogP contribution is -2.22. The lowest BCUT2D eigenvalue weighted by molar-refractivity contribution is -0.186. The molecule has 3 nitrogen and oxygen atoms in total. The van der Waals surface area contributed by atoms with Gasteiger partial charge in [0.2, 0.25) is 0 Å². The van der Waals surface area contributed by atoms with Gasteiger partial charge in [-0.1, -0.05) is 18.2 Å². The van der Waals surface area contributed by atoms with Crippen molar-refractivity contribution in [2.75, 3.05) is 13.2 Å². The minimum Gasteiger partial charge on any atom is -0.494 e. The molecule has 29 heavy (non-hydrogen) atoms. The maximum absolute atomic E-state index is 14.6. The molecule has 0 unspecified atom stereocenters. The summed E-state index contributed by atoms with van der Waals surface area (Å²) in [5.74, 6) is -0.378. The molecule has 0 heterocycles. The molecule has 0 radical (unpaired) electrons. The van der Waals surface area contributed by atoms with E-state index in [2.05, 4.69) is 0 Å². The molecule has 0 aliphatic heterocycles. The first-order valence-electron chi connectivity index (χ1n) is 9.20. The SMILES string of the molecule is C/C=C/COc1ccc(C(F)(F)Oc2cc3ccc(OCC)cc3cc2F)cc1. The molecule has 0 N–H and O–H groups in total. The van der Waals surface area contributed by atoms with Gasteiger partial charge in [0, 0.05) is 0 Å². The molecule has 3 aromatic carbocycles. The number of halogens is 3. The zero-order chi connectivity index (χ0) is 20.9. The third kappa shape index (κ3) is 5.02. The van der Waals surface area contributed by atoms with Gasteiger partial charge >= 0.3 is 6.11 Å². The van der Waals surface area contributed by atoms with Gasteiger partial charge in [0.25, 0.3) is 0 Å². The van der Waals surface area contributed by atoms with Crippen LogP contribution in [-0.4, -0.2) is 13.2 Å². The fourth-order valence-electron chi connectivity index (χ4n) is 2.74. The molecule has 3 aromatic rings. The Morgan fingerprint density at radius 1 is 0.897 bits per heavy atom. The van der Waals surface area contributed by atoms with E-state index in [0.717, 1.165) is 6.07 Å². The topological polar surface area (TPSA) is 27.7 Å². The summed E-state index contributed by atoms with van der Waals surface area (Å²) in [4.78, 5) is 0. The summed E-state index contributed by atoms with van der Waals surface area (Å²) in [7, 11) is 0. The number of fused-ring (bicyclic) bond motifs is 1. The van der Waals surface area contributed by atoms with E-state index in [0.29, 0.717) is 35.5 Å². The number of ether oxygens (including phenoxy) is 3. The van der Waals surface area contributed by atoms with Gasteiger partial charge in [-0.2, -0.15) is 8.78 Å². The smallest absolute Gasteiger partial charge is 0.426 e. The number of hydrogen-bond donors (Lipinski definition) is 0. The van der Waals surface area contributed by atoms with Gasteiger partial charge in [-0.15, -0.1) is 0 Å². The second kappa shape index (κ2) is 8.90. The molecular weight excluding hydrogens is 381 g/mol. The molecule has 0 fully saturated rings. The molecule has 3 rings (SSSR count). The molecule has 0 aromatic heterocycles. The van der Waals surface area contributed by atoms with Crippen LogP contribution in [0.1, 0.15) is 19.4 Å². The van der Waals surface area contributed by atoms with Crippen LogP contribution in [0.4, 0.5) is 13.2 Å². The highest BCUT2D eigenvalue weighted by atomic mass is 19.3. The van der Waals surface area contributed by atoms with Crippen molar-refractivity contribution >= 4 is 10.8 Å². The van der Waals surface area contributed by atoms with Crippen LogP contribution in [0.15, 0.2) is 66.7 Å². The third-order valence-corrected chi connectivity index (χ3v) is 4.18. The zero-order valence-corrected chi connectivity index (χ0v) is 16.1. The molecule has 0 amide bonds. The van der Waals surface area contributed by atoms with Crippen molar-refractivity contribution in [3.05, 3.63) is 78.1 Å². The standard InChI is InChI=1S/C23H21F3O3/c1-3-5-12-28-19-10-7-18(8-11-19)23(25,26)29-22-15-16-6-9-20(27-4-2)13-17(16)14-21(22)24/h3,5-11,13-15H,4,12H2,1-2H3/b5-3+. The second-order valence-corrected chi connectivity index (χ2v) is 6.25. The second-order valence-electron chi connectivity index (χ2n) is 6.25. The first-order chi connectivity index (χ1) is 13.9. The molecule has 0 atom stereocenters. The van der Waals surface area contributed by atoms with Gasteiger partial charge in [-0.05, 0) is 73.2 Å². The number of rotatable bonds is 8. The molecule has 152 valence electrons. The van der Waals surface area contributed by atoms with E-state index < -0.39 is 23.2 Å². The van der Waals surface area contributed by atoms with Crippen molar-refractivity contribution in [1.82, 2.24) is 0 Å². The van der Waals surface area contributed by atoms with Gasteiger partial charge in [-0.25, -0.2) is 4.39 Å². The van der Waals surface area contributed by atoms with Gasteiger partial charge in [0.1, 0.15) is 18.1 Å². The van der Waals surface area contributed by atoms with Crippen molar-refractivity contribution in [1.29, 1.82) is 0 Å². The van der Waals surface area contributed by atoms with Crippen molar-refractivity contribution in [3.8, 4) is 17.2 Å². The highest BCUT2D eigenvalue weighted by Crippen LogP contribution is 2.36. The fraction of sp³-hybridized carbons (Fsp3) is 0.217. The van der Waals surface area contributed by atoms with Crippen LogP contribution in [0.3, 0.4) is 0 Å². The van der Waals surface area contributed by atoms with Gasteiger partial charge in [0.05, 0.1) is 12.2 Å². The number of alkyl halides is 2. The van der Waals surface area contributed by atoms with Crippen LogP contribution in [0.5, 0.6) is 17.2 Å². The van der Waals surface area contributed by atoms with Crippen LogP contribution in [0, 0.1) is 5.82 Å². The minimum absolute atomic E-state index is 0.343. The summed E-state index contributed by atoms with van der Waals surface area (Å²) in [6, 6.07) is 12.6. The Kier molecular flexibility index (Phi) is 6.32. The first kappa shape index (κ1) is 20.6. The zero-order valence-electron chi connectivity index (χ0n) is 16.1. The summed E-state index contributed by atoms with van der Waals surface area (Å²) >= 11 is 0. The highest BCUT2D eigenvalue weighted by Gasteiger charge is 2.35. The van der Waals surface area contributed by atoms with E-state index >= 15 is 0 Å². The van der Waals surface area contributed by atoms with E-state index in [4.69, 9.17) is 14.2 Å². The summed E-state index contributed by atoms with van der Waals surface area (Å²) in [5, 5.41) is 1.10. The quantitative estimate of drug-likeness (QED) is 0.405. The van der Waals surface area contributed by atoms with Crippen LogP contribution < -0.4 is 14.2 Å². The van der Waals surface area contributed by atoms with E-state index in [-0.39, 0.29) is 0 Å². The molecule has 0 aliphatic carbocycles. The number of hydrogen-bond acceptors (Lipinski definition) is 3. The summed E-state index contributed by atoms with van der Waals surface area (Å²) in [5.41, 5.74) is -0.401. The first-order valence-corrected chi connectivity index (χ1v) is 9.20. The van der Waals surface area contributed by atoms with Crippen LogP contribution in [0.2, 0.25) is 0 Å². The summed E-state index contributed by atoms with van der Waals surface area (Å²) < 4.78 is 59.0. The van der Waals surface area contributed by atoms with Crippen molar-refractivity contribution in [2.45, 2.75) is 20.0 Å². The average Bonchev–Trinajstić information content (AvgIpc) is 2.69. The Bertz CT molecular complexity index is 998. The summed E-state index contributed by atoms with van der Waals surface area (Å²) in [6.07, 6.45) is -0.0841. The minimum atomic E-state index is -3.71. The van der Waals surface area contributed by atoms with Crippen molar-refractivity contribution in [3.63, 3.8) is 0 Å². The van der Waals surface area contributed by atoms with E-state index in [1.807, 2.05) is 19.9 Å². The molecule has 6 heteroatoms. The third-order valence-electron chi connectivity index (χ3n) is 4.18. The normalized spacial score (nSPS) is 11.8. The lowest BCUT2D eigenvalue weighted by atomic mass is 10.1. The molecule has 0 saturated heterocycles. The largest absolute Gasteiger partial charge is 0.494 e. The molecular formula is C23H21F3O3. The summed E-state index contributed by atoms with van der Waals surface area (Å²) in [6.45, 7) is 4.51. The molecule has 0 bridgehead atoms. The Balaban J connectivity index is 1.80. The molecule has 0 saturated carbocycles.